The third kappa shape index (κ3) is 5.48. The van der Waals surface area contributed by atoms with Crippen molar-refractivity contribution in [3.63, 3.8) is 0 Å². The third-order valence-electron chi connectivity index (χ3n) is 6.26. The van der Waals surface area contributed by atoms with Crippen LogP contribution in [0.1, 0.15) is 41.5 Å². The molecule has 3 aromatic heterocycles. The van der Waals surface area contributed by atoms with Crippen LogP contribution < -0.4 is 5.32 Å². The van der Waals surface area contributed by atoms with Gasteiger partial charge in [-0.3, -0.25) is 10.00 Å². The summed E-state index contributed by atoms with van der Waals surface area (Å²) in [7, 11) is 0. The van der Waals surface area contributed by atoms with Gasteiger partial charge < -0.3 is 5.32 Å². The van der Waals surface area contributed by atoms with Crippen molar-refractivity contribution in [2.75, 3.05) is 18.4 Å². The van der Waals surface area contributed by atoms with E-state index in [4.69, 9.17) is 21.8 Å². The monoisotopic (exact) mass is 484 g/mol. The Kier molecular flexibility index (Phi) is 6.70. The topological polar surface area (TPSA) is 106 Å². The molecule has 2 N–H and O–H groups in total. The molecule has 5 rings (SSSR count). The molecule has 0 unspecified atom stereocenters. The van der Waals surface area contributed by atoms with Crippen LogP contribution >= 0.6 is 11.6 Å². The van der Waals surface area contributed by atoms with E-state index >= 15 is 0 Å². The largest absolute Gasteiger partial charge is 0.339 e. The number of hydrogen-bond donors (Lipinski definition) is 2. The number of piperidine rings is 1. The highest BCUT2D eigenvalue weighted by molar-refractivity contribution is 6.30. The van der Waals surface area contributed by atoms with Crippen LogP contribution in [0.4, 0.5) is 11.5 Å². The maximum absolute atomic E-state index is 8.93. The number of nitriles is 1. The number of aryl methyl sites for hydroxylation is 1. The predicted octanol–water partition coefficient (Wildman–Crippen LogP) is 5.22. The van der Waals surface area contributed by atoms with E-state index in [1.807, 2.05) is 55.6 Å². The molecule has 1 aromatic carbocycles. The number of pyridine rings is 1. The highest BCUT2D eigenvalue weighted by atomic mass is 35.5. The van der Waals surface area contributed by atoms with Gasteiger partial charge in [-0.25, -0.2) is 15.0 Å². The quantitative estimate of drug-likeness (QED) is 0.386. The summed E-state index contributed by atoms with van der Waals surface area (Å²) >= 11 is 6.04. The second-order valence-corrected chi connectivity index (χ2v) is 9.16. The van der Waals surface area contributed by atoms with Crippen molar-refractivity contribution in [2.45, 2.75) is 32.2 Å². The molecule has 0 amide bonds. The van der Waals surface area contributed by atoms with E-state index in [2.05, 4.69) is 30.4 Å². The summed E-state index contributed by atoms with van der Waals surface area (Å²) in [5, 5.41) is 20.4. The van der Waals surface area contributed by atoms with Crippen molar-refractivity contribution in [3.8, 4) is 17.3 Å². The summed E-state index contributed by atoms with van der Waals surface area (Å²) in [5.74, 6) is 1.86. The molecule has 4 aromatic rings. The second-order valence-electron chi connectivity index (χ2n) is 8.72. The fourth-order valence-corrected chi connectivity index (χ4v) is 4.60. The third-order valence-corrected chi connectivity index (χ3v) is 6.51. The SMILES string of the molecule is Cc1nc(Nc2ccc(C#N)nc2)cc(C2CCN(Cc3cn[nH]c3-c3ccc(Cl)cc3)CC2)n1. The minimum atomic E-state index is 0.382. The molecule has 0 bridgehead atoms. The molecule has 0 aliphatic carbocycles. The standard InChI is InChI=1S/C26H25ClN8/c1-17-31-24(12-25(32-17)33-23-7-6-22(13-28)29-15-23)18-8-10-35(11-9-18)16-20-14-30-34-26(20)19-2-4-21(27)5-3-19/h2-7,12,14-15,18H,8-11,16H2,1H3,(H,30,34)(H,31,32,33). The van der Waals surface area contributed by atoms with Gasteiger partial charge in [-0.2, -0.15) is 10.4 Å². The van der Waals surface area contributed by atoms with Gasteiger partial charge in [0.15, 0.2) is 0 Å². The first-order chi connectivity index (χ1) is 17.1. The van der Waals surface area contributed by atoms with E-state index in [-0.39, 0.29) is 0 Å². The van der Waals surface area contributed by atoms with Crippen molar-refractivity contribution in [3.05, 3.63) is 82.7 Å². The van der Waals surface area contributed by atoms with Gasteiger partial charge in [0, 0.05) is 34.8 Å². The van der Waals surface area contributed by atoms with Crippen LogP contribution in [0.25, 0.3) is 11.3 Å². The molecule has 0 spiro atoms. The lowest BCUT2D eigenvalue weighted by Gasteiger charge is -2.31. The number of benzene rings is 1. The number of rotatable bonds is 6. The Balaban J connectivity index is 1.23. The van der Waals surface area contributed by atoms with Gasteiger partial charge in [-0.15, -0.1) is 0 Å². The lowest BCUT2D eigenvalue weighted by atomic mass is 9.92. The molecule has 4 heterocycles. The van der Waals surface area contributed by atoms with Gasteiger partial charge in [0.1, 0.15) is 23.4 Å². The minimum absolute atomic E-state index is 0.382. The van der Waals surface area contributed by atoms with Crippen molar-refractivity contribution in [2.24, 2.45) is 0 Å². The van der Waals surface area contributed by atoms with Crippen molar-refractivity contribution in [1.29, 1.82) is 5.26 Å². The zero-order valence-electron chi connectivity index (χ0n) is 19.4. The average Bonchev–Trinajstić information content (AvgIpc) is 3.33. The molecule has 176 valence electrons. The summed E-state index contributed by atoms with van der Waals surface area (Å²) < 4.78 is 0. The highest BCUT2D eigenvalue weighted by Gasteiger charge is 2.23. The number of halogens is 1. The first-order valence-electron chi connectivity index (χ1n) is 11.6. The van der Waals surface area contributed by atoms with Crippen LogP contribution in [0.5, 0.6) is 0 Å². The van der Waals surface area contributed by atoms with Gasteiger partial charge in [0.05, 0.1) is 23.8 Å². The molecule has 35 heavy (non-hydrogen) atoms. The Labute approximate surface area is 209 Å². The lowest BCUT2D eigenvalue weighted by Crippen LogP contribution is -2.32. The van der Waals surface area contributed by atoms with Gasteiger partial charge in [-0.05, 0) is 62.7 Å². The molecule has 1 aliphatic heterocycles. The number of hydrogen-bond acceptors (Lipinski definition) is 7. The van der Waals surface area contributed by atoms with Gasteiger partial charge in [0.2, 0.25) is 0 Å². The Morgan fingerprint density at radius 2 is 1.91 bits per heavy atom. The van der Waals surface area contributed by atoms with Crippen LogP contribution in [0, 0.1) is 18.3 Å². The molecular weight excluding hydrogens is 460 g/mol. The second kappa shape index (κ2) is 10.2. The normalized spacial score (nSPS) is 14.5. The van der Waals surface area contributed by atoms with E-state index in [9.17, 15) is 0 Å². The number of nitrogens with one attached hydrogen (secondary N) is 2. The number of nitrogens with zero attached hydrogens (tertiary/aromatic N) is 6. The van der Waals surface area contributed by atoms with E-state index in [1.165, 1.54) is 5.56 Å². The van der Waals surface area contributed by atoms with E-state index in [1.54, 1.807) is 12.3 Å². The molecule has 0 radical (unpaired) electrons. The Hall–Kier alpha value is -3.80. The van der Waals surface area contributed by atoms with Gasteiger partial charge >= 0.3 is 0 Å². The first kappa shape index (κ1) is 23.0. The molecular formula is C26H25ClN8. The fourth-order valence-electron chi connectivity index (χ4n) is 4.47. The smallest absolute Gasteiger partial charge is 0.140 e. The maximum Gasteiger partial charge on any atom is 0.140 e. The van der Waals surface area contributed by atoms with E-state index in [0.717, 1.165) is 71.8 Å². The van der Waals surface area contributed by atoms with Crippen LogP contribution in [-0.4, -0.2) is 43.1 Å². The predicted molar refractivity (Wildman–Crippen MR) is 135 cm³/mol. The van der Waals surface area contributed by atoms with Crippen LogP contribution in [0.2, 0.25) is 5.02 Å². The van der Waals surface area contributed by atoms with Crippen LogP contribution in [0.15, 0.2) is 54.9 Å². The summed E-state index contributed by atoms with van der Waals surface area (Å²) in [6, 6.07) is 15.4. The van der Waals surface area contributed by atoms with Crippen molar-refractivity contribution < 1.29 is 0 Å². The number of aromatic nitrogens is 5. The van der Waals surface area contributed by atoms with Crippen LogP contribution in [-0.2, 0) is 6.54 Å². The zero-order chi connectivity index (χ0) is 24.2. The molecule has 0 saturated carbocycles. The van der Waals surface area contributed by atoms with E-state index in [0.29, 0.717) is 11.6 Å². The highest BCUT2D eigenvalue weighted by Crippen LogP contribution is 2.30. The zero-order valence-corrected chi connectivity index (χ0v) is 20.1. The van der Waals surface area contributed by atoms with E-state index < -0.39 is 0 Å². The maximum atomic E-state index is 8.93. The first-order valence-corrected chi connectivity index (χ1v) is 11.9. The summed E-state index contributed by atoms with van der Waals surface area (Å²) in [4.78, 5) is 15.8. The fraction of sp³-hybridized carbons (Fsp3) is 0.269. The molecule has 1 fully saturated rings. The molecule has 9 heteroatoms. The van der Waals surface area contributed by atoms with Gasteiger partial charge in [-0.1, -0.05) is 23.7 Å². The number of H-pyrrole nitrogens is 1. The van der Waals surface area contributed by atoms with Crippen molar-refractivity contribution >= 4 is 23.1 Å². The Morgan fingerprint density at radius 3 is 2.63 bits per heavy atom. The van der Waals surface area contributed by atoms with Gasteiger partial charge in [0.25, 0.3) is 0 Å². The average molecular weight is 485 g/mol. The lowest BCUT2D eigenvalue weighted by molar-refractivity contribution is 0.203. The number of anilines is 2. The summed E-state index contributed by atoms with van der Waals surface area (Å²) in [5.41, 5.74) is 5.56. The Bertz CT molecular complexity index is 1330. The van der Waals surface area contributed by atoms with Crippen molar-refractivity contribution in [1.82, 2.24) is 30.0 Å². The number of likely N-dealkylation sites (tertiary alicyclic amines) is 1. The summed E-state index contributed by atoms with van der Waals surface area (Å²) in [6.45, 7) is 4.74. The Morgan fingerprint density at radius 1 is 1.11 bits per heavy atom. The minimum Gasteiger partial charge on any atom is -0.339 e. The molecule has 1 saturated heterocycles. The molecule has 0 atom stereocenters. The molecule has 8 nitrogen and oxygen atoms in total. The molecule has 1 aliphatic rings. The number of aromatic amines is 1. The van der Waals surface area contributed by atoms with Crippen LogP contribution in [0.3, 0.4) is 0 Å². The summed E-state index contributed by atoms with van der Waals surface area (Å²) in [6.07, 6.45) is 5.62.